The van der Waals surface area contributed by atoms with Crippen LogP contribution in [0.3, 0.4) is 0 Å². The third kappa shape index (κ3) is 27.2. The van der Waals surface area contributed by atoms with Crippen LogP contribution in [0.5, 0.6) is 0 Å². The Labute approximate surface area is 243 Å². The standard InChI is InChI=1S/2C4H6N6.CH2N.4BrH.6FH.2Os.Sb/c2*1-5-6-2-9(1)10-3-7-8-4-10;1-2;;;;;;;;;;;;;/h2*1-5,7H;1H2;10*1H;;;/q2*-2;-1;;;;;;;;;;;2*+2;+5/p-10. The Morgan fingerprint density at radius 3 is 0.857 bits per heavy atom. The van der Waals surface area contributed by atoms with Crippen LogP contribution >= 0.6 is 54.2 Å². The van der Waals surface area contributed by atoms with E-state index in [0.717, 1.165) is 0 Å². The zero-order valence-corrected chi connectivity index (χ0v) is 30.3. The summed E-state index contributed by atoms with van der Waals surface area (Å²) < 4.78 is 49.6. The molecule has 0 aromatic heterocycles. The number of hydrazine groups is 2. The van der Waals surface area contributed by atoms with Gasteiger partial charge in [-0.2, -0.15) is 0 Å². The number of nitrogens with one attached hydrogen (secondary N) is 4. The second-order valence-corrected chi connectivity index (χ2v) is 30.1. The van der Waals surface area contributed by atoms with Gasteiger partial charge in [0.1, 0.15) is 0 Å². The first-order valence-corrected chi connectivity index (χ1v) is 34.3. The molecule has 4 N–H and O–H groups in total. The van der Waals surface area contributed by atoms with Gasteiger partial charge in [0.2, 0.25) is 0 Å². The number of halogens is 10. The summed E-state index contributed by atoms with van der Waals surface area (Å²) in [6, 6.07) is 0. The molecule has 0 bridgehead atoms. The van der Waals surface area contributed by atoms with Gasteiger partial charge < -0.3 is 51.9 Å². The van der Waals surface area contributed by atoms with Crippen molar-refractivity contribution in [2.75, 3.05) is 0 Å². The summed E-state index contributed by atoms with van der Waals surface area (Å²) in [5, 5.41) is 28.7. The van der Waals surface area contributed by atoms with Crippen molar-refractivity contribution in [3.05, 3.63) is 32.1 Å². The van der Waals surface area contributed by atoms with Gasteiger partial charge in [-0.15, -0.1) is 26.7 Å². The normalized spacial score (nSPS) is 17.0. The molecule has 212 valence electrons. The first-order valence-electron chi connectivity index (χ1n) is 7.24. The molecule has 0 amide bonds. The minimum atomic E-state index is -9.19. The van der Waals surface area contributed by atoms with Crippen molar-refractivity contribution in [2.24, 2.45) is 20.4 Å². The van der Waals surface area contributed by atoms with E-state index in [4.69, 9.17) is 5.41 Å². The van der Waals surface area contributed by atoms with Crippen molar-refractivity contribution < 1.29 is 45.7 Å². The van der Waals surface area contributed by atoms with Gasteiger partial charge in [-0.1, -0.05) is 0 Å². The first kappa shape index (κ1) is 39.8. The van der Waals surface area contributed by atoms with E-state index in [1.165, 1.54) is 0 Å². The van der Waals surface area contributed by atoms with Crippen molar-refractivity contribution in [3.63, 3.8) is 0 Å². The quantitative estimate of drug-likeness (QED) is 0.132. The fraction of sp³-hybridized carbons (Fsp3) is 0. The molecule has 4 heterocycles. The molecule has 0 unspecified atom stereocenters. The number of hydrogen-bond acceptors (Lipinski definition) is 12. The maximum atomic E-state index is 9.91. The molecule has 0 aromatic rings. The predicted octanol–water partition coefficient (Wildman–Crippen LogP) is 0.0320. The van der Waals surface area contributed by atoms with Gasteiger partial charge in [0.05, 0.1) is 25.4 Å². The van der Waals surface area contributed by atoms with Gasteiger partial charge >= 0.3 is 116 Å². The molecule has 0 atom stereocenters. The van der Waals surface area contributed by atoms with Gasteiger partial charge in [0.25, 0.3) is 0 Å². The number of nitrogens with zero attached hydrogens (tertiary/aromatic N) is 9. The monoisotopic (exact) mass is 1240 g/mol. The van der Waals surface area contributed by atoms with E-state index in [1.54, 1.807) is 72.1 Å². The molecule has 0 saturated heterocycles. The van der Waals surface area contributed by atoms with E-state index in [1.807, 2.05) is 0 Å². The Morgan fingerprint density at radius 2 is 0.771 bits per heavy atom. The van der Waals surface area contributed by atoms with Crippen molar-refractivity contribution in [1.29, 1.82) is 0 Å². The molecule has 13 nitrogen and oxygen atoms in total. The molecule has 35 heavy (non-hydrogen) atoms. The van der Waals surface area contributed by atoms with E-state index in [-0.39, 0.29) is 31.6 Å². The molecular weight excluding hydrogens is 1230 g/mol. The van der Waals surface area contributed by atoms with Crippen LogP contribution in [0.25, 0.3) is 5.41 Å². The second-order valence-electron chi connectivity index (χ2n) is 4.27. The van der Waals surface area contributed by atoms with E-state index < -0.39 is 20.3 Å². The molecule has 26 heteroatoms. The Balaban J connectivity index is -0.000000386. The van der Waals surface area contributed by atoms with Crippen LogP contribution in [-0.4, -0.2) is 72.4 Å². The minimum absolute atomic E-state index is 0. The SMILES string of the molecule is C1=NN[CH-]N1N1C=NN[CH-]1.C1=NN[CH-]N1N1C=NN[CH-]1.C=[N-].[Br][Os][Br].[Br][Os][Br].[F-].[F][Sb]([F])([F])([F])[F]. The van der Waals surface area contributed by atoms with Crippen LogP contribution in [0.1, 0.15) is 0 Å². The summed E-state index contributed by atoms with van der Waals surface area (Å²) in [6.07, 6.45) is 6.54. The number of rotatable bonds is 2. The topological polar surface area (TPSA) is 133 Å². The molecule has 4 rings (SSSR count). The molecule has 4 aliphatic rings. The van der Waals surface area contributed by atoms with Crippen molar-refractivity contribution in [2.45, 2.75) is 0 Å². The van der Waals surface area contributed by atoms with Gasteiger partial charge in [-0.05, 0) is 0 Å². The Morgan fingerprint density at radius 1 is 0.629 bits per heavy atom. The fourth-order valence-corrected chi connectivity index (χ4v) is 1.38. The molecule has 0 aromatic carbocycles. The van der Waals surface area contributed by atoms with E-state index in [0.29, 0.717) is 0 Å². The summed E-state index contributed by atoms with van der Waals surface area (Å²) in [4.78, 5) is 0. The summed E-state index contributed by atoms with van der Waals surface area (Å²) in [5.74, 6) is 0. The predicted molar refractivity (Wildman–Crippen MR) is 129 cm³/mol. The average Bonchev–Trinajstić information content (AvgIpc) is 3.58. The van der Waals surface area contributed by atoms with Gasteiger partial charge in [0, 0.05) is 0 Å². The summed E-state index contributed by atoms with van der Waals surface area (Å²) >= 11 is 3.70. The molecule has 0 saturated carbocycles. The fourth-order valence-electron chi connectivity index (χ4n) is 1.38. The summed E-state index contributed by atoms with van der Waals surface area (Å²) in [7, 11) is 0. The van der Waals surface area contributed by atoms with Crippen LogP contribution in [0.4, 0.5) is 14.1 Å². The van der Waals surface area contributed by atoms with E-state index in [9.17, 15) is 14.1 Å². The third-order valence-electron chi connectivity index (χ3n) is 2.30. The van der Waals surface area contributed by atoms with Crippen LogP contribution in [-0.2, 0) is 26.9 Å². The Hall–Kier alpha value is 0.341. The third-order valence-corrected chi connectivity index (χ3v) is 2.30. The molecule has 0 fully saturated rings. The van der Waals surface area contributed by atoms with Crippen LogP contribution < -0.4 is 26.4 Å². The van der Waals surface area contributed by atoms with Crippen LogP contribution in [0.15, 0.2) is 20.4 Å². The first-order chi connectivity index (χ1) is 16.0. The second kappa shape index (κ2) is 23.5. The Kier molecular flexibility index (Phi) is 26.7. The Bertz CT molecular complexity index is 553. The van der Waals surface area contributed by atoms with Crippen LogP contribution in [0, 0.1) is 26.7 Å². The van der Waals surface area contributed by atoms with Gasteiger partial charge in [-0.25, -0.2) is 27.1 Å². The number of hydrogen-bond donors (Lipinski definition) is 4. The zero-order valence-electron chi connectivity index (χ0n) is 16.3. The van der Waals surface area contributed by atoms with E-state index in [2.05, 4.69) is 103 Å². The van der Waals surface area contributed by atoms with E-state index >= 15 is 0 Å². The van der Waals surface area contributed by atoms with Crippen molar-refractivity contribution in [1.82, 2.24) is 41.7 Å². The van der Waals surface area contributed by atoms with Crippen molar-refractivity contribution >= 4 is 107 Å². The number of hydrazone groups is 4. The molecular formula is C9H14Br4F6N13Os2Sb-6. The molecule has 4 aliphatic heterocycles. The summed E-state index contributed by atoms with van der Waals surface area (Å²) in [5.41, 5.74) is 10.7. The molecule has 0 radical (unpaired) electrons. The van der Waals surface area contributed by atoms with Gasteiger partial charge in [0.15, 0.2) is 0 Å². The zero-order chi connectivity index (χ0) is 26.5. The molecule has 0 spiro atoms. The average molecular weight is 1240 g/mol. The summed E-state index contributed by atoms with van der Waals surface area (Å²) in [6.45, 7) is 9.07. The van der Waals surface area contributed by atoms with Gasteiger partial charge in [-0.3, -0.25) is 0 Å². The molecule has 0 aliphatic carbocycles. The maximum absolute atomic E-state index is 9.91. The van der Waals surface area contributed by atoms with Crippen LogP contribution in [0.2, 0.25) is 0 Å². The van der Waals surface area contributed by atoms with Crippen molar-refractivity contribution in [3.8, 4) is 0 Å².